The molecule has 1 aromatic carbocycles. The van der Waals surface area contributed by atoms with Crippen molar-refractivity contribution < 1.29 is 4.79 Å². The summed E-state index contributed by atoms with van der Waals surface area (Å²) < 4.78 is 0.721. The van der Waals surface area contributed by atoms with E-state index in [1.807, 2.05) is 35.7 Å². The molecule has 2 aromatic heterocycles. The van der Waals surface area contributed by atoms with E-state index in [2.05, 4.69) is 4.98 Å². The van der Waals surface area contributed by atoms with Crippen molar-refractivity contribution in [1.82, 2.24) is 4.98 Å². The first-order valence-corrected chi connectivity index (χ1v) is 7.62. The third-order valence-electron chi connectivity index (χ3n) is 2.56. The van der Waals surface area contributed by atoms with Crippen LogP contribution < -0.4 is 0 Å². The summed E-state index contributed by atoms with van der Waals surface area (Å²) in [6.45, 7) is 0. The highest BCUT2D eigenvalue weighted by Crippen LogP contribution is 2.32. The largest absolute Gasteiger partial charge is 0.286 e. The number of benzene rings is 1. The summed E-state index contributed by atoms with van der Waals surface area (Å²) in [7, 11) is 0. The number of thiophene rings is 1. The monoisotopic (exact) mass is 305 g/mol. The van der Waals surface area contributed by atoms with Gasteiger partial charge in [0.2, 0.25) is 5.78 Å². The minimum atomic E-state index is -0.0421. The molecular formula is C14H8ClNOS2. The molecule has 0 unspecified atom stereocenters. The van der Waals surface area contributed by atoms with Gasteiger partial charge in [-0.2, -0.15) is 0 Å². The van der Waals surface area contributed by atoms with E-state index in [0.29, 0.717) is 10.6 Å². The van der Waals surface area contributed by atoms with Crippen LogP contribution in [0.25, 0.3) is 10.6 Å². The molecule has 0 radical (unpaired) electrons. The van der Waals surface area contributed by atoms with Crippen molar-refractivity contribution in [3.05, 3.63) is 62.8 Å². The lowest BCUT2D eigenvalue weighted by molar-refractivity contribution is 0.103. The second-order valence-electron chi connectivity index (χ2n) is 3.84. The minimum Gasteiger partial charge on any atom is -0.286 e. The van der Waals surface area contributed by atoms with Crippen LogP contribution >= 0.6 is 34.3 Å². The molecule has 0 aliphatic heterocycles. The lowest BCUT2D eigenvalue weighted by Gasteiger charge is -1.95. The van der Waals surface area contributed by atoms with Crippen molar-refractivity contribution in [3.63, 3.8) is 0 Å². The van der Waals surface area contributed by atoms with Crippen LogP contribution in [0.5, 0.6) is 0 Å². The van der Waals surface area contributed by atoms with E-state index in [0.717, 1.165) is 14.9 Å². The second kappa shape index (κ2) is 5.25. The fourth-order valence-corrected chi connectivity index (χ4v) is 3.51. The van der Waals surface area contributed by atoms with Crippen molar-refractivity contribution in [1.29, 1.82) is 0 Å². The Balaban J connectivity index is 1.92. The first-order chi connectivity index (χ1) is 9.24. The van der Waals surface area contributed by atoms with Crippen LogP contribution in [-0.4, -0.2) is 10.8 Å². The average molecular weight is 306 g/mol. The van der Waals surface area contributed by atoms with Gasteiger partial charge in [-0.3, -0.25) is 4.79 Å². The van der Waals surface area contributed by atoms with Crippen molar-refractivity contribution in [2.45, 2.75) is 0 Å². The number of carbonyl (C=O) groups excluding carboxylic acids is 1. The number of ketones is 1. The van der Waals surface area contributed by atoms with E-state index in [4.69, 9.17) is 11.6 Å². The van der Waals surface area contributed by atoms with Gasteiger partial charge in [-0.05, 0) is 12.1 Å². The van der Waals surface area contributed by atoms with E-state index in [9.17, 15) is 4.79 Å². The molecule has 0 saturated heterocycles. The fourth-order valence-electron chi connectivity index (χ4n) is 1.66. The molecule has 0 spiro atoms. The quantitative estimate of drug-likeness (QED) is 0.653. The standard InChI is InChI=1S/C14H8ClNOS2/c15-12-7-6-11(19-12)10-8-18-14(16-10)13(17)9-4-2-1-3-5-9/h1-8H. The molecule has 0 aliphatic rings. The molecule has 94 valence electrons. The number of rotatable bonds is 3. The molecule has 2 nitrogen and oxygen atoms in total. The van der Waals surface area contributed by atoms with Crippen LogP contribution in [0, 0.1) is 0 Å². The maximum absolute atomic E-state index is 12.2. The highest BCUT2D eigenvalue weighted by molar-refractivity contribution is 7.19. The van der Waals surface area contributed by atoms with Crippen LogP contribution in [-0.2, 0) is 0 Å². The molecule has 3 rings (SSSR count). The van der Waals surface area contributed by atoms with Gasteiger partial charge in [-0.1, -0.05) is 41.9 Å². The number of hydrogen-bond donors (Lipinski definition) is 0. The number of halogens is 1. The number of hydrogen-bond acceptors (Lipinski definition) is 4. The van der Waals surface area contributed by atoms with E-state index in [1.165, 1.54) is 22.7 Å². The Kier molecular flexibility index (Phi) is 3.46. The van der Waals surface area contributed by atoms with Gasteiger partial charge in [0.25, 0.3) is 0 Å². The smallest absolute Gasteiger partial charge is 0.221 e. The van der Waals surface area contributed by atoms with E-state index in [1.54, 1.807) is 12.1 Å². The Morgan fingerprint density at radius 2 is 1.89 bits per heavy atom. The van der Waals surface area contributed by atoms with Crippen LogP contribution in [0.1, 0.15) is 15.4 Å². The molecule has 3 aromatic rings. The Morgan fingerprint density at radius 3 is 2.58 bits per heavy atom. The highest BCUT2D eigenvalue weighted by atomic mass is 35.5. The normalized spacial score (nSPS) is 10.6. The van der Waals surface area contributed by atoms with E-state index >= 15 is 0 Å². The third kappa shape index (κ3) is 2.61. The van der Waals surface area contributed by atoms with Gasteiger partial charge in [-0.15, -0.1) is 22.7 Å². The van der Waals surface area contributed by atoms with Gasteiger partial charge in [0.05, 0.1) is 14.9 Å². The van der Waals surface area contributed by atoms with Crippen LogP contribution in [0.3, 0.4) is 0 Å². The van der Waals surface area contributed by atoms with Crippen molar-refractivity contribution in [2.24, 2.45) is 0 Å². The SMILES string of the molecule is O=C(c1ccccc1)c1nc(-c2ccc(Cl)s2)cs1. The maximum atomic E-state index is 12.2. The number of aromatic nitrogens is 1. The summed E-state index contributed by atoms with van der Waals surface area (Å²) in [5.74, 6) is -0.0421. The summed E-state index contributed by atoms with van der Waals surface area (Å²) >= 11 is 8.72. The molecule has 5 heteroatoms. The van der Waals surface area contributed by atoms with Gasteiger partial charge in [0.1, 0.15) is 0 Å². The summed E-state index contributed by atoms with van der Waals surface area (Å²) in [6, 6.07) is 12.9. The molecule has 19 heavy (non-hydrogen) atoms. The minimum absolute atomic E-state index is 0.0421. The summed E-state index contributed by atoms with van der Waals surface area (Å²) in [5, 5.41) is 2.39. The zero-order valence-corrected chi connectivity index (χ0v) is 12.1. The molecule has 0 N–H and O–H groups in total. The molecule has 2 heterocycles. The summed E-state index contributed by atoms with van der Waals surface area (Å²) in [6.07, 6.45) is 0. The van der Waals surface area contributed by atoms with Gasteiger partial charge in [-0.25, -0.2) is 4.98 Å². The van der Waals surface area contributed by atoms with Crippen LogP contribution in [0.15, 0.2) is 47.8 Å². The molecule has 0 fully saturated rings. The van der Waals surface area contributed by atoms with Crippen LogP contribution in [0.4, 0.5) is 0 Å². The van der Waals surface area contributed by atoms with E-state index < -0.39 is 0 Å². The van der Waals surface area contributed by atoms with Crippen molar-refractivity contribution in [2.75, 3.05) is 0 Å². The fraction of sp³-hybridized carbons (Fsp3) is 0. The van der Waals surface area contributed by atoms with E-state index in [-0.39, 0.29) is 5.78 Å². The van der Waals surface area contributed by atoms with Gasteiger partial charge in [0, 0.05) is 10.9 Å². The van der Waals surface area contributed by atoms with Crippen LogP contribution in [0.2, 0.25) is 4.34 Å². The summed E-state index contributed by atoms with van der Waals surface area (Å²) in [4.78, 5) is 17.6. The topological polar surface area (TPSA) is 30.0 Å². The average Bonchev–Trinajstić information content (AvgIpc) is 3.07. The number of carbonyl (C=O) groups is 1. The zero-order chi connectivity index (χ0) is 13.2. The maximum Gasteiger partial charge on any atom is 0.221 e. The molecule has 0 bridgehead atoms. The predicted molar refractivity (Wildman–Crippen MR) is 80.3 cm³/mol. The van der Waals surface area contributed by atoms with Gasteiger partial charge >= 0.3 is 0 Å². The van der Waals surface area contributed by atoms with Crippen molar-refractivity contribution in [3.8, 4) is 10.6 Å². The third-order valence-corrected chi connectivity index (χ3v) is 4.65. The lowest BCUT2D eigenvalue weighted by Crippen LogP contribution is -1.99. The summed E-state index contributed by atoms with van der Waals surface area (Å²) in [5.41, 5.74) is 1.47. The number of nitrogens with zero attached hydrogens (tertiary/aromatic N) is 1. The molecule has 0 saturated carbocycles. The van der Waals surface area contributed by atoms with Gasteiger partial charge in [0.15, 0.2) is 5.01 Å². The molecule has 0 aliphatic carbocycles. The van der Waals surface area contributed by atoms with Gasteiger partial charge < -0.3 is 0 Å². The highest BCUT2D eigenvalue weighted by Gasteiger charge is 2.14. The first kappa shape index (κ1) is 12.5. The lowest BCUT2D eigenvalue weighted by atomic mass is 10.1. The molecule has 0 amide bonds. The first-order valence-electron chi connectivity index (χ1n) is 5.55. The molecule has 0 atom stereocenters. The zero-order valence-electron chi connectivity index (χ0n) is 9.67. The molecular weight excluding hydrogens is 298 g/mol. The Morgan fingerprint density at radius 1 is 1.11 bits per heavy atom. The predicted octanol–water partition coefficient (Wildman–Crippen LogP) is 4.76. The Hall–Kier alpha value is -1.49. The Labute approximate surface area is 123 Å². The second-order valence-corrected chi connectivity index (χ2v) is 6.41. The Bertz CT molecular complexity index is 718. The number of thiazole rings is 1. The van der Waals surface area contributed by atoms with Crippen molar-refractivity contribution >= 4 is 40.1 Å².